The highest BCUT2D eigenvalue weighted by Gasteiger charge is 2.15. The molecule has 4 heterocycles. The summed E-state index contributed by atoms with van der Waals surface area (Å²) in [6.45, 7) is 0. The van der Waals surface area contributed by atoms with E-state index in [1.807, 2.05) is 140 Å². The largest absolute Gasteiger partial charge is 0.264 e. The van der Waals surface area contributed by atoms with Gasteiger partial charge in [-0.15, -0.1) is 0 Å². The van der Waals surface area contributed by atoms with Crippen molar-refractivity contribution in [2.45, 2.75) is 0 Å². The summed E-state index contributed by atoms with van der Waals surface area (Å²) < 4.78 is 0. The van der Waals surface area contributed by atoms with Gasteiger partial charge in [0.1, 0.15) is 0 Å². The van der Waals surface area contributed by atoms with Crippen molar-refractivity contribution in [3.05, 3.63) is 267 Å². The van der Waals surface area contributed by atoms with Crippen LogP contribution in [0.5, 0.6) is 0 Å². The van der Waals surface area contributed by atoms with E-state index < -0.39 is 0 Å². The summed E-state index contributed by atoms with van der Waals surface area (Å²) in [6.07, 6.45) is 5.45. The molecule has 0 N–H and O–H groups in total. The van der Waals surface area contributed by atoms with Gasteiger partial charge in [0.25, 0.3) is 0 Å². The predicted molar refractivity (Wildman–Crippen MR) is 290 cm³/mol. The van der Waals surface area contributed by atoms with Gasteiger partial charge >= 0.3 is 0 Å². The summed E-state index contributed by atoms with van der Waals surface area (Å²) in [4.78, 5) is 37.7. The fourth-order valence-electron chi connectivity index (χ4n) is 8.25. The highest BCUT2D eigenvalue weighted by atomic mass is 15.0. The third-order valence-corrected chi connectivity index (χ3v) is 12.1. The van der Waals surface area contributed by atoms with Crippen LogP contribution in [0, 0.1) is 0 Å². The average molecular weight is 925 g/mol. The Morgan fingerprint density at radius 1 is 0.181 bits per heavy atom. The standard InChI is InChI=1S/2C32H22N4/c1-3-9-23(10-4-1)24-14-18-27(19-15-24)31-34-30(26-11-5-2-6-12-26)35-32(36-31)28-20-16-25(17-21-28)29-13-7-8-22-33-29;1-3-8-23(9-4-1)24-13-17-27(18-14-24)31-34-30(26-10-5-2-6-11-26)35-32(36-31)28-19-15-25(16-20-28)29-12-7-21-33-22-29/h2*1-22H. The van der Waals surface area contributed by atoms with Crippen molar-refractivity contribution >= 4 is 0 Å². The first kappa shape index (κ1) is 44.6. The van der Waals surface area contributed by atoms with Gasteiger partial charge in [-0.05, 0) is 51.6 Å². The van der Waals surface area contributed by atoms with Gasteiger partial charge in [0, 0.05) is 57.5 Å². The number of pyridine rings is 2. The first-order chi connectivity index (χ1) is 35.7. The third kappa shape index (κ3) is 10.4. The van der Waals surface area contributed by atoms with Crippen LogP contribution in [-0.4, -0.2) is 39.9 Å². The van der Waals surface area contributed by atoms with Crippen molar-refractivity contribution < 1.29 is 0 Å². The molecule has 0 bridgehead atoms. The van der Waals surface area contributed by atoms with Crippen LogP contribution >= 0.6 is 0 Å². The second kappa shape index (κ2) is 21.2. The maximum absolute atomic E-state index is 4.87. The molecule has 340 valence electrons. The summed E-state index contributed by atoms with van der Waals surface area (Å²) in [6, 6.07) is 83.8. The van der Waals surface area contributed by atoms with Crippen LogP contribution in [0.4, 0.5) is 0 Å². The molecule has 0 atom stereocenters. The van der Waals surface area contributed by atoms with Crippen LogP contribution in [0.15, 0.2) is 267 Å². The van der Waals surface area contributed by atoms with Crippen molar-refractivity contribution in [2.24, 2.45) is 0 Å². The van der Waals surface area contributed by atoms with E-state index in [4.69, 9.17) is 29.9 Å². The summed E-state index contributed by atoms with van der Waals surface area (Å²) in [5, 5.41) is 0. The number of hydrogen-bond acceptors (Lipinski definition) is 8. The van der Waals surface area contributed by atoms with E-state index in [-0.39, 0.29) is 0 Å². The molecule has 0 aliphatic carbocycles. The fourth-order valence-corrected chi connectivity index (χ4v) is 8.25. The maximum Gasteiger partial charge on any atom is 0.164 e. The Morgan fingerprint density at radius 2 is 0.444 bits per heavy atom. The van der Waals surface area contributed by atoms with Crippen molar-refractivity contribution in [1.29, 1.82) is 0 Å². The van der Waals surface area contributed by atoms with Crippen molar-refractivity contribution in [1.82, 2.24) is 39.9 Å². The monoisotopic (exact) mass is 924 g/mol. The van der Waals surface area contributed by atoms with Gasteiger partial charge in [-0.25, -0.2) is 29.9 Å². The Bertz CT molecular complexity index is 3210. The lowest BCUT2D eigenvalue weighted by molar-refractivity contribution is 1.07. The first-order valence-electron chi connectivity index (χ1n) is 23.6. The van der Waals surface area contributed by atoms with E-state index in [1.54, 1.807) is 12.4 Å². The molecule has 12 rings (SSSR count). The minimum absolute atomic E-state index is 0.638. The molecule has 12 aromatic rings. The van der Waals surface area contributed by atoms with Crippen molar-refractivity contribution in [3.63, 3.8) is 0 Å². The fraction of sp³-hybridized carbons (Fsp3) is 0. The Balaban J connectivity index is 0.000000156. The smallest absolute Gasteiger partial charge is 0.164 e. The van der Waals surface area contributed by atoms with Crippen LogP contribution in [0.25, 0.3) is 113 Å². The van der Waals surface area contributed by atoms with Gasteiger partial charge in [-0.3, -0.25) is 9.97 Å². The molecule has 4 aromatic heterocycles. The van der Waals surface area contributed by atoms with Crippen LogP contribution in [-0.2, 0) is 0 Å². The second-order valence-electron chi connectivity index (χ2n) is 16.8. The van der Waals surface area contributed by atoms with Crippen molar-refractivity contribution in [2.75, 3.05) is 0 Å². The van der Waals surface area contributed by atoms with Gasteiger partial charge in [0.2, 0.25) is 0 Å². The molecular weight excluding hydrogens is 881 g/mol. The number of nitrogens with zero attached hydrogens (tertiary/aromatic N) is 8. The second-order valence-corrected chi connectivity index (χ2v) is 16.8. The highest BCUT2D eigenvalue weighted by Crippen LogP contribution is 2.31. The zero-order valence-corrected chi connectivity index (χ0v) is 39.0. The van der Waals surface area contributed by atoms with Gasteiger partial charge < -0.3 is 0 Å². The quantitative estimate of drug-likeness (QED) is 0.134. The molecular formula is C64H44N8. The van der Waals surface area contributed by atoms with Crippen molar-refractivity contribution in [3.8, 4) is 113 Å². The van der Waals surface area contributed by atoms with Gasteiger partial charge in [0.15, 0.2) is 34.9 Å². The Morgan fingerprint density at radius 3 is 0.764 bits per heavy atom. The number of aromatic nitrogens is 8. The van der Waals surface area contributed by atoms with E-state index in [1.165, 1.54) is 11.1 Å². The van der Waals surface area contributed by atoms with Gasteiger partial charge in [-0.1, -0.05) is 231 Å². The van der Waals surface area contributed by atoms with E-state index in [0.717, 1.165) is 66.9 Å². The van der Waals surface area contributed by atoms with E-state index in [9.17, 15) is 0 Å². The lowest BCUT2D eigenvalue weighted by Gasteiger charge is -2.09. The third-order valence-electron chi connectivity index (χ3n) is 12.1. The van der Waals surface area contributed by atoms with Gasteiger partial charge in [0.05, 0.1) is 5.69 Å². The molecule has 0 amide bonds. The first-order valence-corrected chi connectivity index (χ1v) is 23.6. The number of benzene rings is 8. The lowest BCUT2D eigenvalue weighted by Crippen LogP contribution is -2.00. The molecule has 8 aromatic carbocycles. The molecule has 8 nitrogen and oxygen atoms in total. The normalized spacial score (nSPS) is 10.8. The molecule has 0 aliphatic heterocycles. The molecule has 0 saturated carbocycles. The molecule has 8 heteroatoms. The van der Waals surface area contributed by atoms with Crippen LogP contribution in [0.2, 0.25) is 0 Å². The van der Waals surface area contributed by atoms with E-state index in [2.05, 4.69) is 125 Å². The zero-order valence-electron chi connectivity index (χ0n) is 39.0. The minimum Gasteiger partial charge on any atom is -0.264 e. The summed E-state index contributed by atoms with van der Waals surface area (Å²) >= 11 is 0. The molecule has 0 saturated heterocycles. The highest BCUT2D eigenvalue weighted by molar-refractivity contribution is 5.74. The van der Waals surface area contributed by atoms with E-state index in [0.29, 0.717) is 34.9 Å². The average Bonchev–Trinajstić information content (AvgIpc) is 3.48. The molecule has 72 heavy (non-hydrogen) atoms. The van der Waals surface area contributed by atoms with Crippen LogP contribution in [0.1, 0.15) is 0 Å². The Labute approximate surface area is 418 Å². The molecule has 0 fully saturated rings. The SMILES string of the molecule is c1ccc(-c2ccc(-c3nc(-c4ccccc4)nc(-c4ccc(-c5ccccn5)cc4)n3)cc2)cc1.c1ccc(-c2ccc(-c3nc(-c4ccccc4)nc(-c4ccc(-c5cccnc5)cc4)n3)cc2)cc1. The lowest BCUT2D eigenvalue weighted by atomic mass is 10.0. The Hall–Kier alpha value is -9.92. The maximum atomic E-state index is 4.87. The zero-order chi connectivity index (χ0) is 48.3. The number of rotatable bonds is 10. The molecule has 0 radical (unpaired) electrons. The number of hydrogen-bond donors (Lipinski definition) is 0. The summed E-state index contributed by atoms with van der Waals surface area (Å²) in [5.41, 5.74) is 14.5. The topological polar surface area (TPSA) is 103 Å². The van der Waals surface area contributed by atoms with Crippen LogP contribution in [0.3, 0.4) is 0 Å². The summed E-state index contributed by atoms with van der Waals surface area (Å²) in [5.74, 6) is 3.87. The Kier molecular flexibility index (Phi) is 13.1. The van der Waals surface area contributed by atoms with E-state index >= 15 is 0 Å². The predicted octanol–water partition coefficient (Wildman–Crippen LogP) is 15.2. The van der Waals surface area contributed by atoms with Crippen LogP contribution < -0.4 is 0 Å². The summed E-state index contributed by atoms with van der Waals surface area (Å²) in [7, 11) is 0. The van der Waals surface area contributed by atoms with Gasteiger partial charge in [-0.2, -0.15) is 0 Å². The molecule has 0 aliphatic rings. The minimum atomic E-state index is 0.638. The molecule has 0 unspecified atom stereocenters. The molecule has 0 spiro atoms.